The van der Waals surface area contributed by atoms with Gasteiger partial charge in [0.05, 0.1) is 0 Å². The maximum absolute atomic E-state index is 6.01. The van der Waals surface area contributed by atoms with E-state index in [1.165, 1.54) is 11.1 Å². The smallest absolute Gasteiger partial charge is 0.0359 e. The quantitative estimate of drug-likeness (QED) is 0.794. The van der Waals surface area contributed by atoms with Gasteiger partial charge < -0.3 is 11.1 Å². The summed E-state index contributed by atoms with van der Waals surface area (Å²) in [5.74, 6) is 0. The summed E-state index contributed by atoms with van der Waals surface area (Å²) in [6.45, 7) is 14.3. The van der Waals surface area contributed by atoms with Crippen molar-refractivity contribution in [1.29, 1.82) is 0 Å². The number of aryl methyl sites for hydroxylation is 1. The molecule has 0 aliphatic rings. The zero-order chi connectivity index (χ0) is 14.0. The van der Waals surface area contributed by atoms with Gasteiger partial charge in [-0.15, -0.1) is 0 Å². The fourth-order valence-electron chi connectivity index (χ4n) is 2.61. The zero-order valence-electron chi connectivity index (χ0n) is 12.7. The average Bonchev–Trinajstić information content (AvgIpc) is 2.16. The van der Waals surface area contributed by atoms with Gasteiger partial charge >= 0.3 is 0 Å². The van der Waals surface area contributed by atoms with E-state index >= 15 is 0 Å². The van der Waals surface area contributed by atoms with Crippen LogP contribution >= 0.6 is 0 Å². The predicted molar refractivity (Wildman–Crippen MR) is 80.6 cm³/mol. The van der Waals surface area contributed by atoms with Gasteiger partial charge in [0.15, 0.2) is 0 Å². The van der Waals surface area contributed by atoms with Gasteiger partial charge in [0.2, 0.25) is 0 Å². The molecule has 2 nitrogen and oxygen atoms in total. The third-order valence-electron chi connectivity index (χ3n) is 3.03. The minimum atomic E-state index is 0.119. The fraction of sp³-hybridized carbons (Fsp3) is 0.625. The molecule has 102 valence electrons. The summed E-state index contributed by atoms with van der Waals surface area (Å²) in [6, 6.07) is 6.21. The Morgan fingerprint density at radius 3 is 2.28 bits per heavy atom. The molecule has 0 radical (unpaired) electrons. The molecule has 0 aliphatic heterocycles. The number of anilines is 1. The van der Waals surface area contributed by atoms with Crippen molar-refractivity contribution in [2.24, 2.45) is 5.41 Å². The minimum Gasteiger partial charge on any atom is -0.398 e. The van der Waals surface area contributed by atoms with E-state index in [1.807, 2.05) is 6.07 Å². The molecule has 0 aliphatic carbocycles. The molecule has 18 heavy (non-hydrogen) atoms. The first kappa shape index (κ1) is 15.0. The van der Waals surface area contributed by atoms with Crippen LogP contribution in [-0.2, 0) is 6.54 Å². The summed E-state index contributed by atoms with van der Waals surface area (Å²) in [6.07, 6.45) is 1.13. The molecule has 0 saturated carbocycles. The largest absolute Gasteiger partial charge is 0.398 e. The van der Waals surface area contributed by atoms with E-state index < -0.39 is 0 Å². The van der Waals surface area contributed by atoms with Crippen LogP contribution in [0.3, 0.4) is 0 Å². The van der Waals surface area contributed by atoms with Crippen LogP contribution < -0.4 is 11.1 Å². The van der Waals surface area contributed by atoms with Crippen molar-refractivity contribution in [3.8, 4) is 0 Å². The molecule has 3 N–H and O–H groups in total. The van der Waals surface area contributed by atoms with E-state index in [9.17, 15) is 0 Å². The van der Waals surface area contributed by atoms with Crippen LogP contribution in [-0.4, -0.2) is 5.54 Å². The first-order chi connectivity index (χ1) is 8.09. The average molecular weight is 248 g/mol. The van der Waals surface area contributed by atoms with Crippen molar-refractivity contribution >= 4 is 5.69 Å². The highest BCUT2D eigenvalue weighted by Crippen LogP contribution is 2.27. The van der Waals surface area contributed by atoms with E-state index in [4.69, 9.17) is 5.73 Å². The van der Waals surface area contributed by atoms with Gasteiger partial charge in [-0.2, -0.15) is 0 Å². The van der Waals surface area contributed by atoms with Gasteiger partial charge in [0.25, 0.3) is 0 Å². The molecule has 0 aromatic heterocycles. The van der Waals surface area contributed by atoms with E-state index in [1.54, 1.807) is 0 Å². The van der Waals surface area contributed by atoms with Crippen molar-refractivity contribution in [3.63, 3.8) is 0 Å². The molecule has 0 bridgehead atoms. The Kier molecular flexibility index (Phi) is 4.44. The lowest BCUT2D eigenvalue weighted by atomic mass is 9.81. The standard InChI is InChI=1S/C16H28N2/c1-12-7-8-14(17)13(9-12)10-18-16(5,6)11-15(2,3)4/h7-9,18H,10-11,17H2,1-6H3. The maximum Gasteiger partial charge on any atom is 0.0359 e. The molecular weight excluding hydrogens is 220 g/mol. The van der Waals surface area contributed by atoms with Gasteiger partial charge in [-0.3, -0.25) is 0 Å². The number of nitrogens with one attached hydrogen (secondary N) is 1. The SMILES string of the molecule is Cc1ccc(N)c(CNC(C)(C)CC(C)(C)C)c1. The molecule has 1 rings (SSSR count). The van der Waals surface area contributed by atoms with Gasteiger partial charge in [0, 0.05) is 17.8 Å². The second kappa shape index (κ2) is 5.31. The zero-order valence-corrected chi connectivity index (χ0v) is 12.7. The summed E-state index contributed by atoms with van der Waals surface area (Å²) in [5.41, 5.74) is 9.78. The number of nitrogen functional groups attached to an aromatic ring is 1. The van der Waals surface area contributed by atoms with Gasteiger partial charge in [-0.05, 0) is 44.2 Å². The lowest BCUT2D eigenvalue weighted by Crippen LogP contribution is -2.41. The first-order valence-electron chi connectivity index (χ1n) is 6.69. The van der Waals surface area contributed by atoms with Crippen LogP contribution in [0.4, 0.5) is 5.69 Å². The monoisotopic (exact) mass is 248 g/mol. The lowest BCUT2D eigenvalue weighted by molar-refractivity contribution is 0.241. The summed E-state index contributed by atoms with van der Waals surface area (Å²) < 4.78 is 0. The molecule has 0 saturated heterocycles. The van der Waals surface area contributed by atoms with Crippen molar-refractivity contribution in [2.45, 2.75) is 60.0 Å². The summed E-state index contributed by atoms with van der Waals surface area (Å²) in [5, 5.41) is 3.62. The van der Waals surface area contributed by atoms with Crippen LogP contribution in [0.25, 0.3) is 0 Å². The van der Waals surface area contributed by atoms with Crippen LogP contribution in [0.2, 0.25) is 0 Å². The van der Waals surface area contributed by atoms with E-state index in [2.05, 4.69) is 59.0 Å². The highest BCUT2D eigenvalue weighted by atomic mass is 15.0. The molecule has 0 heterocycles. The number of rotatable bonds is 4. The third-order valence-corrected chi connectivity index (χ3v) is 3.03. The Morgan fingerprint density at radius 1 is 1.11 bits per heavy atom. The first-order valence-corrected chi connectivity index (χ1v) is 6.69. The predicted octanol–water partition coefficient (Wildman–Crippen LogP) is 3.88. The summed E-state index contributed by atoms with van der Waals surface area (Å²) >= 11 is 0. The van der Waals surface area contributed by atoms with Crippen LogP contribution in [0.5, 0.6) is 0 Å². The molecule has 0 fully saturated rings. The topological polar surface area (TPSA) is 38.0 Å². The highest BCUT2D eigenvalue weighted by Gasteiger charge is 2.24. The normalized spacial score (nSPS) is 12.8. The highest BCUT2D eigenvalue weighted by molar-refractivity contribution is 5.48. The second-order valence-corrected chi connectivity index (χ2v) is 7.18. The third kappa shape index (κ3) is 5.09. The molecule has 1 aromatic carbocycles. The minimum absolute atomic E-state index is 0.119. The van der Waals surface area contributed by atoms with Crippen molar-refractivity contribution < 1.29 is 0 Å². The van der Waals surface area contributed by atoms with Gasteiger partial charge in [-0.1, -0.05) is 38.5 Å². The molecule has 0 atom stereocenters. The van der Waals surface area contributed by atoms with Gasteiger partial charge in [0.1, 0.15) is 0 Å². The molecule has 0 spiro atoms. The Balaban J connectivity index is 2.67. The molecule has 2 heteroatoms. The van der Waals surface area contributed by atoms with Crippen molar-refractivity contribution in [2.75, 3.05) is 5.73 Å². The van der Waals surface area contributed by atoms with Gasteiger partial charge in [-0.25, -0.2) is 0 Å². The number of nitrogens with two attached hydrogens (primary N) is 1. The van der Waals surface area contributed by atoms with E-state index in [0.717, 1.165) is 18.7 Å². The van der Waals surface area contributed by atoms with Crippen LogP contribution in [0.15, 0.2) is 18.2 Å². The second-order valence-electron chi connectivity index (χ2n) is 7.18. The van der Waals surface area contributed by atoms with E-state index in [0.29, 0.717) is 5.41 Å². The van der Waals surface area contributed by atoms with E-state index in [-0.39, 0.29) is 5.54 Å². The van der Waals surface area contributed by atoms with Crippen LogP contribution in [0, 0.1) is 12.3 Å². The van der Waals surface area contributed by atoms with Crippen molar-refractivity contribution in [1.82, 2.24) is 5.32 Å². The number of hydrogen-bond acceptors (Lipinski definition) is 2. The van der Waals surface area contributed by atoms with Crippen LogP contribution in [0.1, 0.15) is 52.2 Å². The molecule has 1 aromatic rings. The molecular formula is C16H28N2. The maximum atomic E-state index is 6.01. The molecule has 0 unspecified atom stereocenters. The van der Waals surface area contributed by atoms with Crippen molar-refractivity contribution in [3.05, 3.63) is 29.3 Å². The number of benzene rings is 1. The Morgan fingerprint density at radius 2 is 1.72 bits per heavy atom. The Hall–Kier alpha value is -1.02. The lowest BCUT2D eigenvalue weighted by Gasteiger charge is -2.33. The summed E-state index contributed by atoms with van der Waals surface area (Å²) in [4.78, 5) is 0. The Labute approximate surface area is 112 Å². The molecule has 0 amide bonds. The Bertz CT molecular complexity index is 400. The summed E-state index contributed by atoms with van der Waals surface area (Å²) in [7, 11) is 0. The number of hydrogen-bond donors (Lipinski definition) is 2. The fourth-order valence-corrected chi connectivity index (χ4v) is 2.61.